The van der Waals surface area contributed by atoms with Crippen molar-refractivity contribution < 1.29 is 24.2 Å². The Labute approximate surface area is 181 Å². The molecule has 9 nitrogen and oxygen atoms in total. The van der Waals surface area contributed by atoms with E-state index in [1.54, 1.807) is 0 Å². The zero-order valence-electron chi connectivity index (χ0n) is 17.7. The predicted molar refractivity (Wildman–Crippen MR) is 114 cm³/mol. The van der Waals surface area contributed by atoms with Crippen molar-refractivity contribution in [2.75, 3.05) is 13.2 Å². The highest BCUT2D eigenvalue weighted by Crippen LogP contribution is 2.25. The molecular formula is C22H30N4O5. The maximum absolute atomic E-state index is 12.5. The van der Waals surface area contributed by atoms with Gasteiger partial charge in [-0.2, -0.15) is 0 Å². The van der Waals surface area contributed by atoms with E-state index in [4.69, 9.17) is 14.6 Å². The Balaban J connectivity index is 0.000000858. The van der Waals surface area contributed by atoms with Gasteiger partial charge in [-0.25, -0.2) is 4.98 Å². The molecular weight excluding hydrogens is 400 g/mol. The van der Waals surface area contributed by atoms with E-state index in [-0.39, 0.29) is 36.2 Å². The summed E-state index contributed by atoms with van der Waals surface area (Å²) in [5.41, 5.74) is 2.99. The average molecular weight is 431 g/mol. The third-order valence-corrected chi connectivity index (χ3v) is 5.88. The van der Waals surface area contributed by atoms with Gasteiger partial charge in [0.15, 0.2) is 0 Å². The quantitative estimate of drug-likeness (QED) is 0.536. The van der Waals surface area contributed by atoms with Crippen LogP contribution in [-0.4, -0.2) is 52.6 Å². The molecule has 2 amide bonds. The summed E-state index contributed by atoms with van der Waals surface area (Å²) < 4.78 is 5.28. The lowest BCUT2D eigenvalue weighted by molar-refractivity contribution is -0.127. The molecule has 31 heavy (non-hydrogen) atoms. The number of imidazole rings is 1. The van der Waals surface area contributed by atoms with Gasteiger partial charge in [-0.15, -0.1) is 0 Å². The van der Waals surface area contributed by atoms with Gasteiger partial charge in [0, 0.05) is 25.1 Å². The number of fused-ring (bicyclic) bond motifs is 1. The summed E-state index contributed by atoms with van der Waals surface area (Å²) in [5, 5.41) is 13.1. The van der Waals surface area contributed by atoms with Gasteiger partial charge in [0.25, 0.3) is 6.47 Å². The third-order valence-electron chi connectivity index (χ3n) is 5.88. The molecule has 2 aromatic rings. The third kappa shape index (κ3) is 6.27. The number of ether oxygens (including phenoxy) is 1. The van der Waals surface area contributed by atoms with Crippen LogP contribution in [0, 0.1) is 18.8 Å². The zero-order valence-corrected chi connectivity index (χ0v) is 17.7. The van der Waals surface area contributed by atoms with Gasteiger partial charge < -0.3 is 25.5 Å². The van der Waals surface area contributed by atoms with E-state index >= 15 is 0 Å². The standard InChI is InChI=1S/C21H28N4O3.CH2O2/c1-13-23-18-7-2-14(10-19(18)24-13)11-22-20(26)15-3-5-17(6-4-15)25-21(27)16-8-9-28-12-16;2-1-3/h2,7,10,15-17H,3-6,8-9,11-12H2,1H3,(H,22,26)(H,23,24)(H,25,27);1H,(H,2,3). The molecule has 1 aliphatic carbocycles. The number of H-pyrrole nitrogens is 1. The van der Waals surface area contributed by atoms with Crippen LogP contribution in [-0.2, 0) is 25.7 Å². The Morgan fingerprint density at radius 1 is 1.19 bits per heavy atom. The Morgan fingerprint density at radius 3 is 2.61 bits per heavy atom. The fourth-order valence-corrected chi connectivity index (χ4v) is 4.19. The SMILES string of the molecule is Cc1nc2ccc(CNC(=O)C3CCC(NC(=O)C4CCOC4)CC3)cc2[nH]1.O=CO. The first-order valence-electron chi connectivity index (χ1n) is 10.7. The maximum atomic E-state index is 12.5. The monoisotopic (exact) mass is 430 g/mol. The van der Waals surface area contributed by atoms with E-state index < -0.39 is 0 Å². The molecule has 4 N–H and O–H groups in total. The summed E-state index contributed by atoms with van der Waals surface area (Å²) in [4.78, 5) is 40.7. The minimum Gasteiger partial charge on any atom is -0.483 e. The molecule has 0 radical (unpaired) electrons. The van der Waals surface area contributed by atoms with Gasteiger partial charge in [-0.05, 0) is 56.7 Å². The summed E-state index contributed by atoms with van der Waals surface area (Å²) in [6.45, 7) is 3.42. The minimum atomic E-state index is -0.250. The van der Waals surface area contributed by atoms with Crippen LogP contribution < -0.4 is 10.6 Å². The van der Waals surface area contributed by atoms with Crippen molar-refractivity contribution in [3.63, 3.8) is 0 Å². The van der Waals surface area contributed by atoms with E-state index in [2.05, 4.69) is 20.6 Å². The number of benzene rings is 1. The molecule has 4 rings (SSSR count). The summed E-state index contributed by atoms with van der Waals surface area (Å²) in [6.07, 6.45) is 4.16. The number of aryl methyl sites for hydroxylation is 1. The summed E-state index contributed by atoms with van der Waals surface area (Å²) in [5.74, 6) is 1.13. The van der Waals surface area contributed by atoms with Crippen LogP contribution >= 0.6 is 0 Å². The number of amides is 2. The maximum Gasteiger partial charge on any atom is 0.290 e. The van der Waals surface area contributed by atoms with Crippen molar-refractivity contribution in [2.24, 2.45) is 11.8 Å². The number of carbonyl (C=O) groups is 3. The molecule has 1 saturated carbocycles. The summed E-state index contributed by atoms with van der Waals surface area (Å²) in [7, 11) is 0. The smallest absolute Gasteiger partial charge is 0.290 e. The highest BCUT2D eigenvalue weighted by molar-refractivity contribution is 5.80. The number of hydrogen-bond acceptors (Lipinski definition) is 5. The first-order valence-corrected chi connectivity index (χ1v) is 10.7. The number of hydrogen-bond donors (Lipinski definition) is 4. The van der Waals surface area contributed by atoms with Crippen LogP contribution in [0.15, 0.2) is 18.2 Å². The first kappa shape index (κ1) is 22.7. The average Bonchev–Trinajstić information content (AvgIpc) is 3.42. The zero-order chi connectivity index (χ0) is 22.2. The van der Waals surface area contributed by atoms with Gasteiger partial charge in [0.1, 0.15) is 5.82 Å². The number of aromatic nitrogens is 2. The molecule has 1 aromatic heterocycles. The van der Waals surface area contributed by atoms with Gasteiger partial charge in [-0.3, -0.25) is 14.4 Å². The fraction of sp³-hybridized carbons (Fsp3) is 0.545. The summed E-state index contributed by atoms with van der Waals surface area (Å²) >= 11 is 0. The number of nitrogens with zero attached hydrogens (tertiary/aromatic N) is 1. The van der Waals surface area contributed by atoms with Crippen molar-refractivity contribution in [3.8, 4) is 0 Å². The number of carbonyl (C=O) groups excluding carboxylic acids is 2. The van der Waals surface area contributed by atoms with Gasteiger partial charge in [0.05, 0.1) is 23.6 Å². The predicted octanol–water partition coefficient (Wildman–Crippen LogP) is 1.90. The fourth-order valence-electron chi connectivity index (χ4n) is 4.19. The van der Waals surface area contributed by atoms with Gasteiger partial charge >= 0.3 is 0 Å². The Morgan fingerprint density at radius 2 is 1.94 bits per heavy atom. The molecule has 168 valence electrons. The molecule has 2 fully saturated rings. The number of carboxylic acid groups (broad SMARTS) is 1. The largest absolute Gasteiger partial charge is 0.483 e. The van der Waals surface area contributed by atoms with Crippen molar-refractivity contribution in [3.05, 3.63) is 29.6 Å². The van der Waals surface area contributed by atoms with Crippen molar-refractivity contribution in [2.45, 2.75) is 51.6 Å². The second-order valence-electron chi connectivity index (χ2n) is 8.11. The highest BCUT2D eigenvalue weighted by atomic mass is 16.5. The topological polar surface area (TPSA) is 133 Å². The number of aromatic amines is 1. The van der Waals surface area contributed by atoms with E-state index in [0.29, 0.717) is 19.8 Å². The van der Waals surface area contributed by atoms with E-state index in [1.165, 1.54) is 0 Å². The lowest BCUT2D eigenvalue weighted by Gasteiger charge is -2.29. The van der Waals surface area contributed by atoms with Crippen LogP contribution in [0.4, 0.5) is 0 Å². The molecule has 2 heterocycles. The lowest BCUT2D eigenvalue weighted by Crippen LogP contribution is -2.43. The minimum absolute atomic E-state index is 0.00276. The van der Waals surface area contributed by atoms with Crippen LogP contribution in [0.1, 0.15) is 43.5 Å². The van der Waals surface area contributed by atoms with Crippen molar-refractivity contribution >= 4 is 29.3 Å². The Kier molecular flexibility index (Phi) is 8.00. The highest BCUT2D eigenvalue weighted by Gasteiger charge is 2.30. The van der Waals surface area contributed by atoms with Gasteiger partial charge in [-0.1, -0.05) is 6.07 Å². The first-order chi connectivity index (χ1) is 15.0. The van der Waals surface area contributed by atoms with Crippen molar-refractivity contribution in [1.82, 2.24) is 20.6 Å². The molecule has 2 aliphatic rings. The normalized spacial score (nSPS) is 22.9. The van der Waals surface area contributed by atoms with E-state index in [9.17, 15) is 9.59 Å². The molecule has 1 aliphatic heterocycles. The summed E-state index contributed by atoms with van der Waals surface area (Å²) in [6, 6.07) is 6.20. The molecule has 9 heteroatoms. The van der Waals surface area contributed by atoms with Crippen LogP contribution in [0.25, 0.3) is 11.0 Å². The molecule has 0 spiro atoms. The number of nitrogens with one attached hydrogen (secondary N) is 3. The molecule has 1 saturated heterocycles. The second-order valence-corrected chi connectivity index (χ2v) is 8.11. The Bertz CT molecular complexity index is 898. The van der Waals surface area contributed by atoms with E-state index in [1.807, 2.05) is 25.1 Å². The van der Waals surface area contributed by atoms with Crippen LogP contribution in [0.2, 0.25) is 0 Å². The van der Waals surface area contributed by atoms with E-state index in [0.717, 1.165) is 54.5 Å². The van der Waals surface area contributed by atoms with Crippen LogP contribution in [0.3, 0.4) is 0 Å². The molecule has 0 bridgehead atoms. The Hall–Kier alpha value is -2.94. The van der Waals surface area contributed by atoms with Crippen molar-refractivity contribution in [1.29, 1.82) is 0 Å². The lowest BCUT2D eigenvalue weighted by atomic mass is 9.85. The van der Waals surface area contributed by atoms with Gasteiger partial charge in [0.2, 0.25) is 11.8 Å². The molecule has 1 aromatic carbocycles. The molecule has 1 atom stereocenters. The second kappa shape index (κ2) is 10.9. The molecule has 1 unspecified atom stereocenters. The number of rotatable bonds is 5. The van der Waals surface area contributed by atoms with Crippen LogP contribution in [0.5, 0.6) is 0 Å².